The second kappa shape index (κ2) is 4.11. The maximum Gasteiger partial charge on any atom is 0.222 e. The summed E-state index contributed by atoms with van der Waals surface area (Å²) >= 11 is 2.77. The van der Waals surface area contributed by atoms with Crippen molar-refractivity contribution in [2.75, 3.05) is 20.1 Å². The highest BCUT2D eigenvalue weighted by atomic mass is 79.9. The van der Waals surface area contributed by atoms with Crippen LogP contribution in [0.1, 0.15) is 6.92 Å². The summed E-state index contributed by atoms with van der Waals surface area (Å²) < 4.78 is 25.9. The molecule has 14 heavy (non-hydrogen) atoms. The second-order valence-electron chi connectivity index (χ2n) is 3.53. The summed E-state index contributed by atoms with van der Waals surface area (Å²) in [6.45, 7) is 2.62. The van der Waals surface area contributed by atoms with Gasteiger partial charge in [-0.15, -0.1) is 0 Å². The fraction of sp³-hybridized carbons (Fsp3) is 0.600. The van der Waals surface area contributed by atoms with E-state index in [-0.39, 0.29) is 6.54 Å². The summed E-state index contributed by atoms with van der Waals surface area (Å²) in [7, 11) is 1.76. The van der Waals surface area contributed by atoms with Crippen LogP contribution in [0, 0.1) is 0 Å². The largest absolute Gasteiger partial charge is 0.303 e. The zero-order valence-corrected chi connectivity index (χ0v) is 9.89. The maximum absolute atomic E-state index is 14.2. The molecule has 0 saturated carbocycles. The number of halogens is 3. The van der Waals surface area contributed by atoms with Crippen molar-refractivity contribution in [3.05, 3.63) is 24.3 Å². The summed E-state index contributed by atoms with van der Waals surface area (Å²) in [5.74, 6) is 0. The Labute approximate surface area is 91.6 Å². The highest BCUT2D eigenvalue weighted by molar-refractivity contribution is 9.10. The smallest absolute Gasteiger partial charge is 0.222 e. The number of hydrogen-bond acceptors (Lipinski definition) is 1. The second-order valence-corrected chi connectivity index (χ2v) is 4.69. The summed E-state index contributed by atoms with van der Waals surface area (Å²) in [5.41, 5.74) is -1.99. The molecule has 0 saturated heterocycles. The summed E-state index contributed by atoms with van der Waals surface area (Å²) in [6.07, 6.45) is 5.48. The zero-order valence-electron chi connectivity index (χ0n) is 8.30. The normalized spacial score (nSPS) is 36.7. The van der Waals surface area contributed by atoms with Crippen molar-refractivity contribution in [3.63, 3.8) is 0 Å². The minimum Gasteiger partial charge on any atom is -0.303 e. The van der Waals surface area contributed by atoms with Crippen LogP contribution in [-0.2, 0) is 0 Å². The van der Waals surface area contributed by atoms with Crippen molar-refractivity contribution in [1.29, 1.82) is 0 Å². The van der Waals surface area contributed by atoms with E-state index in [2.05, 4.69) is 15.9 Å². The lowest BCUT2D eigenvalue weighted by atomic mass is 9.94. The first-order chi connectivity index (χ1) is 6.41. The lowest BCUT2D eigenvalue weighted by Gasteiger charge is -2.35. The van der Waals surface area contributed by atoms with E-state index in [9.17, 15) is 8.78 Å². The first-order valence-corrected chi connectivity index (χ1v) is 5.33. The first-order valence-electron chi connectivity index (χ1n) is 4.53. The zero-order chi connectivity index (χ0) is 10.8. The molecule has 1 rings (SSSR count). The lowest BCUT2D eigenvalue weighted by Crippen LogP contribution is -2.49. The molecule has 80 valence electrons. The van der Waals surface area contributed by atoms with Crippen LogP contribution >= 0.6 is 15.9 Å². The molecular formula is C10H14BrF2N. The molecule has 1 nitrogen and oxygen atoms in total. The third kappa shape index (κ3) is 2.23. The quantitative estimate of drug-likeness (QED) is 0.710. The van der Waals surface area contributed by atoms with Gasteiger partial charge in [0.2, 0.25) is 4.58 Å². The van der Waals surface area contributed by atoms with Crippen LogP contribution in [0.2, 0.25) is 0 Å². The van der Waals surface area contributed by atoms with Crippen molar-refractivity contribution in [3.8, 4) is 0 Å². The number of allylic oxidation sites excluding steroid dienone is 3. The van der Waals surface area contributed by atoms with Crippen LogP contribution in [0.25, 0.3) is 0 Å². The van der Waals surface area contributed by atoms with Gasteiger partial charge in [-0.25, -0.2) is 8.78 Å². The van der Waals surface area contributed by atoms with Crippen molar-refractivity contribution in [2.45, 2.75) is 17.2 Å². The molecule has 0 aromatic heterocycles. The van der Waals surface area contributed by atoms with E-state index in [1.807, 2.05) is 6.92 Å². The van der Waals surface area contributed by atoms with Gasteiger partial charge in [0.1, 0.15) is 0 Å². The Bertz CT molecular complexity index is 263. The fourth-order valence-electron chi connectivity index (χ4n) is 1.30. The van der Waals surface area contributed by atoms with Gasteiger partial charge < -0.3 is 4.90 Å². The van der Waals surface area contributed by atoms with E-state index in [0.717, 1.165) is 0 Å². The topological polar surface area (TPSA) is 3.24 Å². The molecule has 4 heteroatoms. The van der Waals surface area contributed by atoms with Crippen molar-refractivity contribution in [2.24, 2.45) is 0 Å². The van der Waals surface area contributed by atoms with Crippen LogP contribution in [0.3, 0.4) is 0 Å². The minimum atomic E-state index is -2.10. The fourth-order valence-corrected chi connectivity index (χ4v) is 1.71. The standard InChI is InChI=1S/C10H14BrF2N/c1-3-14(2)8-9(12)6-4-5-7-10(9,11)13/h4-7H,3,8H2,1-2H3. The molecular weight excluding hydrogens is 252 g/mol. The molecule has 0 bridgehead atoms. The average molecular weight is 266 g/mol. The average Bonchev–Trinajstić information content (AvgIpc) is 2.10. The number of rotatable bonds is 3. The number of alkyl halides is 3. The molecule has 2 unspecified atom stereocenters. The predicted octanol–water partition coefficient (Wildman–Crippen LogP) is 2.83. The van der Waals surface area contributed by atoms with Crippen molar-refractivity contribution < 1.29 is 8.78 Å². The van der Waals surface area contributed by atoms with Gasteiger partial charge in [-0.3, -0.25) is 0 Å². The van der Waals surface area contributed by atoms with Crippen molar-refractivity contribution >= 4 is 15.9 Å². The Morgan fingerprint density at radius 2 is 1.86 bits per heavy atom. The molecule has 0 amide bonds. The van der Waals surface area contributed by atoms with E-state index < -0.39 is 10.2 Å². The summed E-state index contributed by atoms with van der Waals surface area (Å²) in [5, 5.41) is 0. The first kappa shape index (κ1) is 11.9. The van der Waals surface area contributed by atoms with Crippen LogP contribution in [0.15, 0.2) is 24.3 Å². The minimum absolute atomic E-state index is 0.0338. The molecule has 0 heterocycles. The molecule has 0 aromatic carbocycles. The third-order valence-corrected chi connectivity index (χ3v) is 3.29. The molecule has 0 aliphatic heterocycles. The van der Waals surface area contributed by atoms with Gasteiger partial charge in [0.05, 0.1) is 0 Å². The molecule has 0 N–H and O–H groups in total. The monoisotopic (exact) mass is 265 g/mol. The number of nitrogens with zero attached hydrogens (tertiary/aromatic N) is 1. The van der Waals surface area contributed by atoms with Crippen LogP contribution in [0.5, 0.6) is 0 Å². The lowest BCUT2D eigenvalue weighted by molar-refractivity contribution is 0.0698. The summed E-state index contributed by atoms with van der Waals surface area (Å²) in [4.78, 5) is 1.74. The third-order valence-electron chi connectivity index (χ3n) is 2.37. The predicted molar refractivity (Wildman–Crippen MR) is 58.1 cm³/mol. The van der Waals surface area contributed by atoms with Gasteiger partial charge in [0.15, 0.2) is 5.67 Å². The Morgan fingerprint density at radius 3 is 2.36 bits per heavy atom. The van der Waals surface area contributed by atoms with Gasteiger partial charge in [-0.05, 0) is 41.7 Å². The van der Waals surface area contributed by atoms with Gasteiger partial charge in [0.25, 0.3) is 0 Å². The summed E-state index contributed by atoms with van der Waals surface area (Å²) in [6, 6.07) is 0. The van der Waals surface area contributed by atoms with Crippen LogP contribution in [-0.4, -0.2) is 35.3 Å². The van der Waals surface area contributed by atoms with E-state index in [1.165, 1.54) is 24.3 Å². The van der Waals surface area contributed by atoms with Crippen LogP contribution < -0.4 is 0 Å². The van der Waals surface area contributed by atoms with E-state index in [1.54, 1.807) is 11.9 Å². The highest BCUT2D eigenvalue weighted by Crippen LogP contribution is 2.41. The molecule has 1 aliphatic rings. The van der Waals surface area contributed by atoms with Gasteiger partial charge in [0, 0.05) is 6.54 Å². The van der Waals surface area contributed by atoms with Gasteiger partial charge in [-0.2, -0.15) is 0 Å². The molecule has 0 fully saturated rings. The van der Waals surface area contributed by atoms with Gasteiger partial charge >= 0.3 is 0 Å². The van der Waals surface area contributed by atoms with Crippen molar-refractivity contribution in [1.82, 2.24) is 4.90 Å². The Kier molecular flexibility index (Phi) is 3.48. The van der Waals surface area contributed by atoms with Gasteiger partial charge in [-0.1, -0.05) is 19.1 Å². The van der Waals surface area contributed by atoms with E-state index in [0.29, 0.717) is 6.54 Å². The SMILES string of the molecule is CCN(C)CC1(F)C=CC=CC1(F)Br. The molecule has 2 atom stereocenters. The Morgan fingerprint density at radius 1 is 1.29 bits per heavy atom. The molecule has 0 aromatic rings. The Hall–Kier alpha value is -0.220. The van der Waals surface area contributed by atoms with Crippen LogP contribution in [0.4, 0.5) is 8.78 Å². The Balaban J connectivity index is 2.82. The molecule has 0 spiro atoms. The highest BCUT2D eigenvalue weighted by Gasteiger charge is 2.49. The molecule has 0 radical (unpaired) electrons. The van der Waals surface area contributed by atoms with E-state index >= 15 is 0 Å². The number of hydrogen-bond donors (Lipinski definition) is 0. The van der Waals surface area contributed by atoms with E-state index in [4.69, 9.17) is 0 Å². The molecule has 1 aliphatic carbocycles. The maximum atomic E-state index is 14.2.